The number of nitrogens with zero attached hydrogens (tertiary/aromatic N) is 2. The lowest BCUT2D eigenvalue weighted by molar-refractivity contribution is -0.268. The third-order valence-corrected chi connectivity index (χ3v) is 9.83. The van der Waals surface area contributed by atoms with Gasteiger partial charge >= 0.3 is 0 Å². The number of aliphatic hydroxyl groups is 1. The van der Waals surface area contributed by atoms with Crippen molar-refractivity contribution in [2.75, 3.05) is 5.75 Å². The molecule has 0 aliphatic carbocycles. The summed E-state index contributed by atoms with van der Waals surface area (Å²) in [6, 6.07) is 36.8. The van der Waals surface area contributed by atoms with Gasteiger partial charge in [-0.15, -0.1) is 11.8 Å². The van der Waals surface area contributed by atoms with Gasteiger partial charge in [0.15, 0.2) is 6.29 Å². The minimum Gasteiger partial charge on any atom is -0.392 e. The van der Waals surface area contributed by atoms with E-state index in [2.05, 4.69) is 18.0 Å². The van der Waals surface area contributed by atoms with Gasteiger partial charge in [0.05, 0.1) is 41.5 Å². The standard InChI is InChI=1S/C39H34N2O5S/c1-25-34(24-47-35-14-4-5-19-40-35)45-39(46-36(25)28-17-15-26(23-42)16-18-28)31-11-7-10-30(21-31)29-9-6-8-27(20-29)22-41-37(43)32-12-2-3-13-33(32)38(41)44/h2-21,25,34,36,39,42H,22-24H2,1H3/t25-,34+,36+,39+/m0/s1. The number of aliphatic hydroxyl groups excluding tert-OH is 1. The van der Waals surface area contributed by atoms with Crippen molar-refractivity contribution in [3.63, 3.8) is 0 Å². The Bertz CT molecular complexity index is 1860. The molecule has 1 aromatic heterocycles. The molecule has 7 rings (SSSR count). The number of ether oxygens (including phenoxy) is 2. The van der Waals surface area contributed by atoms with Crippen LogP contribution in [0.3, 0.4) is 0 Å². The molecule has 2 aliphatic heterocycles. The summed E-state index contributed by atoms with van der Waals surface area (Å²) in [7, 11) is 0. The topological polar surface area (TPSA) is 89.0 Å². The van der Waals surface area contributed by atoms with E-state index < -0.39 is 6.29 Å². The number of aromatic nitrogens is 1. The second-order valence-corrected chi connectivity index (χ2v) is 12.9. The van der Waals surface area contributed by atoms with Crippen LogP contribution in [0.5, 0.6) is 0 Å². The largest absolute Gasteiger partial charge is 0.392 e. The predicted molar refractivity (Wildman–Crippen MR) is 180 cm³/mol. The molecule has 4 aromatic carbocycles. The third kappa shape index (κ3) is 6.50. The third-order valence-electron chi connectivity index (χ3n) is 8.79. The highest BCUT2D eigenvalue weighted by atomic mass is 32.2. The van der Waals surface area contributed by atoms with Gasteiger partial charge in [-0.05, 0) is 64.2 Å². The average molecular weight is 643 g/mol. The molecule has 1 N–H and O–H groups in total. The summed E-state index contributed by atoms with van der Waals surface area (Å²) in [5.41, 5.74) is 6.47. The lowest BCUT2D eigenvalue weighted by Gasteiger charge is -2.41. The van der Waals surface area contributed by atoms with E-state index in [0.717, 1.165) is 38.4 Å². The number of carbonyl (C=O) groups is 2. The number of hydrogen-bond acceptors (Lipinski definition) is 7. The van der Waals surface area contributed by atoms with Gasteiger partial charge in [-0.1, -0.05) is 85.8 Å². The summed E-state index contributed by atoms with van der Waals surface area (Å²) < 4.78 is 13.4. The number of imide groups is 1. The molecule has 1 fully saturated rings. The van der Waals surface area contributed by atoms with Crippen molar-refractivity contribution in [3.8, 4) is 11.1 Å². The van der Waals surface area contributed by atoms with Gasteiger partial charge in [0.2, 0.25) is 0 Å². The van der Waals surface area contributed by atoms with Gasteiger partial charge in [-0.25, -0.2) is 4.98 Å². The molecule has 0 radical (unpaired) electrons. The molecule has 8 heteroatoms. The maximum atomic E-state index is 13.0. The van der Waals surface area contributed by atoms with Crippen molar-refractivity contribution in [2.45, 2.75) is 43.6 Å². The Labute approximate surface area is 278 Å². The first-order valence-electron chi connectivity index (χ1n) is 15.7. The Morgan fingerprint density at radius 1 is 0.745 bits per heavy atom. The van der Waals surface area contributed by atoms with Crippen LogP contribution in [0.2, 0.25) is 0 Å². The summed E-state index contributed by atoms with van der Waals surface area (Å²) in [6.45, 7) is 2.34. The van der Waals surface area contributed by atoms with E-state index in [0.29, 0.717) is 16.9 Å². The van der Waals surface area contributed by atoms with Crippen LogP contribution in [0.25, 0.3) is 11.1 Å². The normalized spacial score (nSPS) is 20.8. The number of amides is 2. The summed E-state index contributed by atoms with van der Waals surface area (Å²) in [4.78, 5) is 31.8. The molecule has 5 aromatic rings. The van der Waals surface area contributed by atoms with Crippen molar-refractivity contribution in [2.24, 2.45) is 5.92 Å². The molecule has 0 unspecified atom stereocenters. The van der Waals surface area contributed by atoms with Crippen LogP contribution < -0.4 is 0 Å². The van der Waals surface area contributed by atoms with Crippen LogP contribution in [0.4, 0.5) is 0 Å². The fourth-order valence-electron chi connectivity index (χ4n) is 6.19. The Balaban J connectivity index is 1.14. The smallest absolute Gasteiger partial charge is 0.261 e. The van der Waals surface area contributed by atoms with Crippen LogP contribution in [0, 0.1) is 5.92 Å². The Hall–Kier alpha value is -4.60. The highest BCUT2D eigenvalue weighted by Gasteiger charge is 2.39. The summed E-state index contributed by atoms with van der Waals surface area (Å²) in [5, 5.41) is 10.5. The van der Waals surface area contributed by atoms with E-state index in [1.54, 1.807) is 42.2 Å². The van der Waals surface area contributed by atoms with Crippen LogP contribution in [0.1, 0.15) is 62.3 Å². The van der Waals surface area contributed by atoms with Crippen molar-refractivity contribution in [1.29, 1.82) is 0 Å². The van der Waals surface area contributed by atoms with E-state index in [4.69, 9.17) is 9.47 Å². The maximum absolute atomic E-state index is 13.0. The SMILES string of the molecule is C[C@H]1[C@@H](CSc2ccccn2)O[C@@H](c2cccc(-c3cccc(CN4C(=O)c5ccccc5C4=O)c3)c2)O[C@H]1c1ccc(CO)cc1. The molecule has 7 nitrogen and oxygen atoms in total. The van der Waals surface area contributed by atoms with E-state index in [1.165, 1.54) is 4.90 Å². The summed E-state index contributed by atoms with van der Waals surface area (Å²) in [5.74, 6) is 0.234. The number of thioether (sulfide) groups is 1. The molecule has 47 heavy (non-hydrogen) atoms. The van der Waals surface area contributed by atoms with Crippen molar-refractivity contribution >= 4 is 23.6 Å². The van der Waals surface area contributed by atoms with E-state index in [-0.39, 0.29) is 43.1 Å². The molecule has 0 saturated carbocycles. The molecule has 0 spiro atoms. The second-order valence-electron chi connectivity index (χ2n) is 11.9. The van der Waals surface area contributed by atoms with Gasteiger partial charge < -0.3 is 14.6 Å². The van der Waals surface area contributed by atoms with Crippen molar-refractivity contribution in [1.82, 2.24) is 9.88 Å². The molecule has 1 saturated heterocycles. The van der Waals surface area contributed by atoms with Gasteiger partial charge in [0.25, 0.3) is 11.8 Å². The van der Waals surface area contributed by atoms with Crippen molar-refractivity contribution in [3.05, 3.63) is 155 Å². The number of pyridine rings is 1. The molecule has 2 amide bonds. The molecule has 4 atom stereocenters. The fraction of sp³-hybridized carbons (Fsp3) is 0.205. The minimum absolute atomic E-state index is 0.0112. The van der Waals surface area contributed by atoms with E-state index in [1.807, 2.05) is 84.9 Å². The molecular formula is C39H34N2O5S. The zero-order chi connectivity index (χ0) is 32.3. The molecule has 2 aliphatic rings. The van der Waals surface area contributed by atoms with Crippen LogP contribution >= 0.6 is 11.8 Å². The predicted octanol–water partition coefficient (Wildman–Crippen LogP) is 7.62. The quantitative estimate of drug-likeness (QED) is 0.131. The van der Waals surface area contributed by atoms with E-state index >= 15 is 0 Å². The summed E-state index contributed by atoms with van der Waals surface area (Å²) in [6.07, 6.45) is 0.854. The Morgan fingerprint density at radius 2 is 1.45 bits per heavy atom. The van der Waals surface area contributed by atoms with Crippen LogP contribution in [0.15, 0.2) is 126 Å². The lowest BCUT2D eigenvalue weighted by atomic mass is 9.91. The van der Waals surface area contributed by atoms with E-state index in [9.17, 15) is 14.7 Å². The van der Waals surface area contributed by atoms with Gasteiger partial charge in [-0.2, -0.15) is 0 Å². The number of hydrogen-bond donors (Lipinski definition) is 1. The minimum atomic E-state index is -0.607. The van der Waals surface area contributed by atoms with Gasteiger partial charge in [0, 0.05) is 23.4 Å². The molecule has 0 bridgehead atoms. The lowest BCUT2D eigenvalue weighted by Crippen LogP contribution is -2.38. The highest BCUT2D eigenvalue weighted by Crippen LogP contribution is 2.43. The van der Waals surface area contributed by atoms with Crippen molar-refractivity contribution < 1.29 is 24.2 Å². The molecule has 236 valence electrons. The first-order valence-corrected chi connectivity index (χ1v) is 16.7. The highest BCUT2D eigenvalue weighted by molar-refractivity contribution is 7.99. The first kappa shape index (κ1) is 31.0. The van der Waals surface area contributed by atoms with Crippen LogP contribution in [-0.4, -0.2) is 38.7 Å². The Morgan fingerprint density at radius 3 is 2.15 bits per heavy atom. The first-order chi connectivity index (χ1) is 23.0. The number of fused-ring (bicyclic) bond motifs is 1. The number of carbonyl (C=O) groups excluding carboxylic acids is 2. The number of benzene rings is 4. The van der Waals surface area contributed by atoms with Gasteiger partial charge in [-0.3, -0.25) is 14.5 Å². The zero-order valence-electron chi connectivity index (χ0n) is 25.9. The molecule has 3 heterocycles. The Kier molecular flexibility index (Phi) is 9.00. The van der Waals surface area contributed by atoms with Gasteiger partial charge in [0.1, 0.15) is 0 Å². The summed E-state index contributed by atoms with van der Waals surface area (Å²) >= 11 is 1.67. The fourth-order valence-corrected chi connectivity index (χ4v) is 7.22. The monoisotopic (exact) mass is 642 g/mol. The maximum Gasteiger partial charge on any atom is 0.261 e. The number of rotatable bonds is 9. The second kappa shape index (κ2) is 13.6. The molecular weight excluding hydrogens is 609 g/mol. The van der Waals surface area contributed by atoms with Crippen LogP contribution in [-0.2, 0) is 22.6 Å². The zero-order valence-corrected chi connectivity index (χ0v) is 26.7. The average Bonchev–Trinajstić information content (AvgIpc) is 3.36.